The summed E-state index contributed by atoms with van der Waals surface area (Å²) >= 11 is 0. The standard InChI is InChI=1S/C21H45O15P3/c1-13(2)7-31-16-17(32-8-14(3)4)19(34-37(25,26)10-22)21(36-39(29,30)12-24)20(35-38(27,28)11-23)18(16)33-9-15(5)6/h13-24H,7-12H2,1-6H3,(H,25,26)(H,27,28)(H,29,30)/t16?,17-,18+,19-,20-,21?/m0/s1. The second-order valence-electron chi connectivity index (χ2n) is 10.6. The molecule has 0 aliphatic heterocycles. The summed E-state index contributed by atoms with van der Waals surface area (Å²) in [5.74, 6) is -0.192. The van der Waals surface area contributed by atoms with E-state index >= 15 is 0 Å². The summed E-state index contributed by atoms with van der Waals surface area (Å²) in [5.41, 5.74) is 0. The molecule has 234 valence electrons. The number of aliphatic hydroxyl groups is 3. The Balaban J connectivity index is 3.90. The molecule has 15 nitrogen and oxygen atoms in total. The molecule has 0 spiro atoms. The van der Waals surface area contributed by atoms with E-state index in [0.717, 1.165) is 0 Å². The Morgan fingerprint density at radius 1 is 0.487 bits per heavy atom. The first kappa shape index (κ1) is 37.2. The normalized spacial score (nSPS) is 30.8. The largest absolute Gasteiger partial charge is 0.384 e. The van der Waals surface area contributed by atoms with E-state index in [0.29, 0.717) is 0 Å². The monoisotopic (exact) mass is 630 g/mol. The van der Waals surface area contributed by atoms with Crippen molar-refractivity contribution in [1.82, 2.24) is 0 Å². The van der Waals surface area contributed by atoms with Crippen molar-refractivity contribution in [2.45, 2.75) is 78.2 Å². The Bertz CT molecular complexity index is 820. The summed E-state index contributed by atoms with van der Waals surface area (Å²) in [6.45, 7) is 11.1. The molecule has 18 heteroatoms. The molecule has 9 atom stereocenters. The van der Waals surface area contributed by atoms with Gasteiger partial charge in [-0.1, -0.05) is 41.5 Å². The van der Waals surface area contributed by atoms with Gasteiger partial charge in [0.2, 0.25) is 0 Å². The minimum Gasteiger partial charge on any atom is -0.384 e. The third-order valence-electron chi connectivity index (χ3n) is 5.20. The van der Waals surface area contributed by atoms with Crippen LogP contribution < -0.4 is 0 Å². The predicted octanol–water partition coefficient (Wildman–Crippen LogP) is 1.68. The zero-order valence-electron chi connectivity index (χ0n) is 23.1. The minimum atomic E-state index is -4.87. The molecule has 1 aliphatic carbocycles. The maximum Gasteiger partial charge on any atom is 0.353 e. The zero-order chi connectivity index (χ0) is 30.2. The molecule has 6 N–H and O–H groups in total. The van der Waals surface area contributed by atoms with Crippen molar-refractivity contribution in [3.63, 3.8) is 0 Å². The van der Waals surface area contributed by atoms with Crippen LogP contribution in [0.4, 0.5) is 0 Å². The van der Waals surface area contributed by atoms with Crippen LogP contribution in [0.1, 0.15) is 41.5 Å². The molecule has 0 saturated heterocycles. The van der Waals surface area contributed by atoms with E-state index in [2.05, 4.69) is 0 Å². The zero-order valence-corrected chi connectivity index (χ0v) is 25.8. The lowest BCUT2D eigenvalue weighted by molar-refractivity contribution is -0.249. The molecule has 5 unspecified atom stereocenters. The van der Waals surface area contributed by atoms with Crippen LogP contribution in [0.15, 0.2) is 0 Å². The summed E-state index contributed by atoms with van der Waals surface area (Å²) in [6, 6.07) is 0. The molecule has 0 radical (unpaired) electrons. The van der Waals surface area contributed by atoms with Gasteiger partial charge in [0.05, 0.1) is 0 Å². The van der Waals surface area contributed by atoms with Gasteiger partial charge < -0.3 is 44.2 Å². The van der Waals surface area contributed by atoms with E-state index < -0.39 is 78.5 Å². The average molecular weight is 630 g/mol. The van der Waals surface area contributed by atoms with Gasteiger partial charge >= 0.3 is 22.8 Å². The first-order valence-electron chi connectivity index (χ1n) is 12.6. The molecule has 0 heterocycles. The molecule has 0 aromatic heterocycles. The number of hydrogen-bond donors (Lipinski definition) is 6. The first-order chi connectivity index (χ1) is 17.9. The van der Waals surface area contributed by atoms with Gasteiger partial charge in [0.15, 0.2) is 0 Å². The van der Waals surface area contributed by atoms with E-state index in [4.69, 9.17) is 27.8 Å². The van der Waals surface area contributed by atoms with E-state index in [1.54, 1.807) is 0 Å². The Labute approximate surface area is 229 Å². The molecule has 1 rings (SSSR count). The van der Waals surface area contributed by atoms with Crippen molar-refractivity contribution in [2.75, 3.05) is 38.9 Å². The third-order valence-corrected chi connectivity index (χ3v) is 8.00. The lowest BCUT2D eigenvalue weighted by Gasteiger charge is -2.50. The van der Waals surface area contributed by atoms with E-state index in [1.807, 2.05) is 41.5 Å². The van der Waals surface area contributed by atoms with E-state index in [1.165, 1.54) is 0 Å². The molecule has 39 heavy (non-hydrogen) atoms. The molecule has 0 bridgehead atoms. The van der Waals surface area contributed by atoms with Crippen molar-refractivity contribution < 1.29 is 71.5 Å². The smallest absolute Gasteiger partial charge is 0.353 e. The summed E-state index contributed by atoms with van der Waals surface area (Å²) in [6.07, 6.45) is -13.6. The lowest BCUT2D eigenvalue weighted by Crippen LogP contribution is -2.67. The Hall–Kier alpha value is 0.210. The second-order valence-corrected chi connectivity index (χ2v) is 15.9. The highest BCUT2D eigenvalue weighted by atomic mass is 31.2. The highest BCUT2D eigenvalue weighted by Gasteiger charge is 2.59. The number of hydrogen-bond acceptors (Lipinski definition) is 12. The average Bonchev–Trinajstić information content (AvgIpc) is 2.82. The minimum absolute atomic E-state index is 0.0379. The summed E-state index contributed by atoms with van der Waals surface area (Å²) in [4.78, 5) is 30.5. The molecular formula is C21H45O15P3. The first-order valence-corrected chi connectivity index (χ1v) is 17.9. The highest BCUT2D eigenvalue weighted by molar-refractivity contribution is 7.53. The highest BCUT2D eigenvalue weighted by Crippen LogP contribution is 2.54. The Kier molecular flexibility index (Phi) is 15.4. The van der Waals surface area contributed by atoms with Crippen LogP contribution in [-0.2, 0) is 41.5 Å². The topological polar surface area (TPSA) is 228 Å². The van der Waals surface area contributed by atoms with Crippen LogP contribution in [0.25, 0.3) is 0 Å². The maximum absolute atomic E-state index is 12.6. The third kappa shape index (κ3) is 12.5. The number of aliphatic hydroxyl groups excluding tert-OH is 3. The molecule has 0 amide bonds. The van der Waals surface area contributed by atoms with Crippen LogP contribution in [0.2, 0.25) is 0 Å². The molecule has 1 aliphatic rings. The SMILES string of the molecule is CC(C)COC1[C@@H](OCC(C)C)[C@H](OP(=O)(O)CO)C(OP(=O)(O)CO)[C@@H](OP(=O)(O)CO)[C@H]1OCC(C)C. The quantitative estimate of drug-likeness (QED) is 0.118. The molecular weight excluding hydrogens is 585 g/mol. The van der Waals surface area contributed by atoms with Gasteiger partial charge in [0, 0.05) is 19.8 Å². The van der Waals surface area contributed by atoms with Gasteiger partial charge in [-0.25, -0.2) is 0 Å². The molecule has 0 aromatic rings. The fourth-order valence-electron chi connectivity index (χ4n) is 3.63. The second kappa shape index (κ2) is 16.2. The van der Waals surface area contributed by atoms with Gasteiger partial charge in [0.1, 0.15) is 55.7 Å². The van der Waals surface area contributed by atoms with Crippen molar-refractivity contribution in [3.05, 3.63) is 0 Å². The van der Waals surface area contributed by atoms with Gasteiger partial charge in [-0.2, -0.15) is 0 Å². The van der Waals surface area contributed by atoms with Gasteiger partial charge in [-0.05, 0) is 17.8 Å². The fourth-order valence-corrected chi connectivity index (χ4v) is 5.69. The van der Waals surface area contributed by atoms with Crippen molar-refractivity contribution in [1.29, 1.82) is 0 Å². The number of rotatable bonds is 18. The maximum atomic E-state index is 12.6. The van der Waals surface area contributed by atoms with Crippen molar-refractivity contribution >= 4 is 22.8 Å². The van der Waals surface area contributed by atoms with Crippen molar-refractivity contribution in [2.24, 2.45) is 17.8 Å². The summed E-state index contributed by atoms with van der Waals surface area (Å²) in [7, 11) is -14.5. The van der Waals surface area contributed by atoms with Crippen LogP contribution in [0, 0.1) is 17.8 Å². The lowest BCUT2D eigenvalue weighted by atomic mass is 9.84. The van der Waals surface area contributed by atoms with Crippen LogP contribution >= 0.6 is 22.8 Å². The predicted molar refractivity (Wildman–Crippen MR) is 139 cm³/mol. The molecule has 0 aromatic carbocycles. The van der Waals surface area contributed by atoms with Gasteiger partial charge in [-0.15, -0.1) is 0 Å². The fraction of sp³-hybridized carbons (Fsp3) is 1.00. The summed E-state index contributed by atoms with van der Waals surface area (Å²) < 4.78 is 71.7. The van der Waals surface area contributed by atoms with E-state index in [9.17, 15) is 43.7 Å². The molecule has 1 fully saturated rings. The van der Waals surface area contributed by atoms with Crippen LogP contribution in [0.5, 0.6) is 0 Å². The Morgan fingerprint density at radius 3 is 0.897 bits per heavy atom. The summed E-state index contributed by atoms with van der Waals surface area (Å²) in [5, 5.41) is 28.4. The van der Waals surface area contributed by atoms with E-state index in [-0.39, 0.29) is 37.6 Å². The van der Waals surface area contributed by atoms with Gasteiger partial charge in [-0.3, -0.25) is 27.3 Å². The van der Waals surface area contributed by atoms with Crippen molar-refractivity contribution in [3.8, 4) is 0 Å². The van der Waals surface area contributed by atoms with Crippen LogP contribution in [-0.4, -0.2) is 105 Å². The van der Waals surface area contributed by atoms with Gasteiger partial charge in [0.25, 0.3) is 0 Å². The van der Waals surface area contributed by atoms with Crippen LogP contribution in [0.3, 0.4) is 0 Å². The number of ether oxygens (including phenoxy) is 3. The molecule has 1 saturated carbocycles. The Morgan fingerprint density at radius 2 is 0.692 bits per heavy atom.